The van der Waals surface area contributed by atoms with E-state index in [1.807, 2.05) is 16.8 Å². The highest BCUT2D eigenvalue weighted by atomic mass is 16.5. The summed E-state index contributed by atoms with van der Waals surface area (Å²) in [6.45, 7) is 1.22. The number of rotatable bonds is 1. The van der Waals surface area contributed by atoms with Gasteiger partial charge in [-0.25, -0.2) is 4.68 Å². The Labute approximate surface area is 98.4 Å². The molecule has 0 atom stereocenters. The smallest absolute Gasteiger partial charge is 0.151 e. The van der Waals surface area contributed by atoms with Crippen molar-refractivity contribution in [1.29, 1.82) is 0 Å². The van der Waals surface area contributed by atoms with Crippen LogP contribution in [0.25, 0.3) is 5.69 Å². The molecule has 2 heterocycles. The summed E-state index contributed by atoms with van der Waals surface area (Å²) in [5.41, 5.74) is 8.84. The summed E-state index contributed by atoms with van der Waals surface area (Å²) in [5, 5.41) is 13.6. The molecule has 0 amide bonds. The molecule has 1 aromatic heterocycles. The Balaban J connectivity index is 2.11. The summed E-state index contributed by atoms with van der Waals surface area (Å²) in [6.07, 6.45) is 0.806. The highest BCUT2D eigenvalue weighted by Crippen LogP contribution is 2.25. The SMILES string of the molecule is Nc1nn(-c2ccc(O)cc2)c2c1COCC2. The molecule has 0 saturated carbocycles. The minimum absolute atomic E-state index is 0.242. The van der Waals surface area contributed by atoms with Gasteiger partial charge >= 0.3 is 0 Å². The minimum Gasteiger partial charge on any atom is -0.508 e. The summed E-state index contributed by atoms with van der Waals surface area (Å²) in [5.74, 6) is 0.763. The topological polar surface area (TPSA) is 73.3 Å². The lowest BCUT2D eigenvalue weighted by Crippen LogP contribution is -2.13. The average Bonchev–Trinajstić information content (AvgIpc) is 2.69. The van der Waals surface area contributed by atoms with Crippen molar-refractivity contribution in [3.05, 3.63) is 35.5 Å². The van der Waals surface area contributed by atoms with Crippen molar-refractivity contribution < 1.29 is 9.84 Å². The molecule has 0 radical (unpaired) electrons. The van der Waals surface area contributed by atoms with E-state index in [4.69, 9.17) is 10.5 Å². The summed E-state index contributed by atoms with van der Waals surface area (Å²) in [6, 6.07) is 6.91. The van der Waals surface area contributed by atoms with Gasteiger partial charge in [-0.3, -0.25) is 0 Å². The maximum Gasteiger partial charge on any atom is 0.151 e. The molecule has 3 N–H and O–H groups in total. The number of nitrogens with zero attached hydrogens (tertiary/aromatic N) is 2. The van der Waals surface area contributed by atoms with Gasteiger partial charge in [-0.15, -0.1) is 0 Å². The second-order valence-electron chi connectivity index (χ2n) is 4.04. The number of fused-ring (bicyclic) bond motifs is 1. The van der Waals surface area contributed by atoms with Gasteiger partial charge in [0.2, 0.25) is 0 Å². The van der Waals surface area contributed by atoms with Crippen molar-refractivity contribution in [3.8, 4) is 11.4 Å². The Morgan fingerprint density at radius 1 is 1.29 bits per heavy atom. The molecule has 0 spiro atoms. The molecule has 1 aliphatic heterocycles. The van der Waals surface area contributed by atoms with E-state index in [9.17, 15) is 5.11 Å². The molecule has 0 unspecified atom stereocenters. The molecular weight excluding hydrogens is 218 g/mol. The maximum absolute atomic E-state index is 9.27. The number of aromatic nitrogens is 2. The highest BCUT2D eigenvalue weighted by Gasteiger charge is 2.20. The molecule has 0 bridgehead atoms. The molecule has 0 aliphatic carbocycles. The normalized spacial score (nSPS) is 14.6. The van der Waals surface area contributed by atoms with E-state index in [2.05, 4.69) is 5.10 Å². The van der Waals surface area contributed by atoms with Crippen LogP contribution in [-0.2, 0) is 17.8 Å². The van der Waals surface area contributed by atoms with Gasteiger partial charge in [0.05, 0.1) is 24.6 Å². The van der Waals surface area contributed by atoms with E-state index in [0.717, 1.165) is 23.4 Å². The number of aromatic hydroxyl groups is 1. The number of anilines is 1. The van der Waals surface area contributed by atoms with Crippen molar-refractivity contribution in [2.24, 2.45) is 0 Å². The zero-order valence-corrected chi connectivity index (χ0v) is 9.26. The second kappa shape index (κ2) is 3.78. The van der Waals surface area contributed by atoms with Crippen LogP contribution in [0.4, 0.5) is 5.82 Å². The van der Waals surface area contributed by atoms with E-state index in [1.54, 1.807) is 12.1 Å². The zero-order chi connectivity index (χ0) is 11.8. The van der Waals surface area contributed by atoms with Crippen LogP contribution < -0.4 is 5.73 Å². The van der Waals surface area contributed by atoms with E-state index in [0.29, 0.717) is 19.0 Å². The average molecular weight is 231 g/mol. The van der Waals surface area contributed by atoms with E-state index in [-0.39, 0.29) is 5.75 Å². The van der Waals surface area contributed by atoms with Crippen LogP contribution in [-0.4, -0.2) is 21.5 Å². The lowest BCUT2D eigenvalue weighted by molar-refractivity contribution is 0.110. The van der Waals surface area contributed by atoms with Crippen molar-refractivity contribution in [2.75, 3.05) is 12.3 Å². The molecule has 1 aromatic carbocycles. The van der Waals surface area contributed by atoms with Crippen molar-refractivity contribution in [1.82, 2.24) is 9.78 Å². The van der Waals surface area contributed by atoms with Crippen LogP contribution in [0.3, 0.4) is 0 Å². The summed E-state index contributed by atoms with van der Waals surface area (Å²) < 4.78 is 7.20. The molecule has 2 aromatic rings. The van der Waals surface area contributed by atoms with Gasteiger partial charge in [-0.1, -0.05) is 0 Å². The van der Waals surface area contributed by atoms with Gasteiger partial charge in [0, 0.05) is 12.0 Å². The number of ether oxygens (including phenoxy) is 1. The number of hydrogen-bond donors (Lipinski definition) is 2. The Bertz CT molecular complexity index is 546. The first-order valence-electron chi connectivity index (χ1n) is 5.49. The first kappa shape index (κ1) is 10.2. The lowest BCUT2D eigenvalue weighted by Gasteiger charge is -2.14. The zero-order valence-electron chi connectivity index (χ0n) is 9.26. The number of benzene rings is 1. The molecule has 0 saturated heterocycles. The minimum atomic E-state index is 0.242. The molecule has 0 fully saturated rings. The fraction of sp³-hybridized carbons (Fsp3) is 0.250. The van der Waals surface area contributed by atoms with Crippen molar-refractivity contribution in [3.63, 3.8) is 0 Å². The van der Waals surface area contributed by atoms with Gasteiger partial charge in [0.1, 0.15) is 5.75 Å². The number of phenolic OH excluding ortho intramolecular Hbond substituents is 1. The monoisotopic (exact) mass is 231 g/mol. The molecule has 5 heteroatoms. The Morgan fingerprint density at radius 2 is 2.06 bits per heavy atom. The second-order valence-corrected chi connectivity index (χ2v) is 4.04. The molecular formula is C12H13N3O2. The lowest BCUT2D eigenvalue weighted by atomic mass is 10.1. The standard InChI is InChI=1S/C12H13N3O2/c13-12-10-7-17-6-5-11(10)15(14-12)8-1-3-9(16)4-2-8/h1-4,16H,5-7H2,(H2,13,14). The number of hydrogen-bond acceptors (Lipinski definition) is 4. The molecule has 3 rings (SSSR count). The van der Waals surface area contributed by atoms with E-state index < -0.39 is 0 Å². The van der Waals surface area contributed by atoms with Crippen LogP contribution in [0.1, 0.15) is 11.3 Å². The first-order valence-corrected chi connectivity index (χ1v) is 5.49. The van der Waals surface area contributed by atoms with Crippen molar-refractivity contribution >= 4 is 5.82 Å². The Kier molecular flexibility index (Phi) is 2.26. The predicted octanol–water partition coefficient (Wildman–Crippen LogP) is 1.23. The maximum atomic E-state index is 9.27. The van der Waals surface area contributed by atoms with Crippen LogP contribution in [0.5, 0.6) is 5.75 Å². The first-order chi connectivity index (χ1) is 8.25. The predicted molar refractivity (Wildman–Crippen MR) is 63.0 cm³/mol. The summed E-state index contributed by atoms with van der Waals surface area (Å²) in [4.78, 5) is 0. The Hall–Kier alpha value is -2.01. The quantitative estimate of drug-likeness (QED) is 0.774. The third kappa shape index (κ3) is 1.64. The van der Waals surface area contributed by atoms with Gasteiger partial charge in [0.25, 0.3) is 0 Å². The summed E-state index contributed by atoms with van der Waals surface area (Å²) in [7, 11) is 0. The third-order valence-electron chi connectivity index (χ3n) is 2.94. The number of phenols is 1. The number of nitrogens with two attached hydrogens (primary N) is 1. The fourth-order valence-corrected chi connectivity index (χ4v) is 2.07. The molecule has 5 nitrogen and oxygen atoms in total. The van der Waals surface area contributed by atoms with Gasteiger partial charge in [-0.05, 0) is 24.3 Å². The summed E-state index contributed by atoms with van der Waals surface area (Å²) >= 11 is 0. The number of nitrogen functional groups attached to an aromatic ring is 1. The van der Waals surface area contributed by atoms with Crippen molar-refractivity contribution in [2.45, 2.75) is 13.0 Å². The molecule has 88 valence electrons. The highest BCUT2D eigenvalue weighted by molar-refractivity contribution is 5.48. The van der Waals surface area contributed by atoms with Crippen LogP contribution in [0.2, 0.25) is 0 Å². The van der Waals surface area contributed by atoms with Gasteiger partial charge in [0.15, 0.2) is 5.82 Å². The molecule has 17 heavy (non-hydrogen) atoms. The van der Waals surface area contributed by atoms with Gasteiger partial charge in [-0.2, -0.15) is 5.10 Å². The van der Waals surface area contributed by atoms with Crippen LogP contribution in [0, 0.1) is 0 Å². The van der Waals surface area contributed by atoms with Crippen LogP contribution in [0.15, 0.2) is 24.3 Å². The molecule has 1 aliphatic rings. The van der Waals surface area contributed by atoms with E-state index in [1.165, 1.54) is 0 Å². The fourth-order valence-electron chi connectivity index (χ4n) is 2.07. The Morgan fingerprint density at radius 3 is 2.82 bits per heavy atom. The van der Waals surface area contributed by atoms with Crippen LogP contribution >= 0.6 is 0 Å². The largest absolute Gasteiger partial charge is 0.508 e. The third-order valence-corrected chi connectivity index (χ3v) is 2.94. The van der Waals surface area contributed by atoms with Gasteiger partial charge < -0.3 is 15.6 Å². The van der Waals surface area contributed by atoms with E-state index >= 15 is 0 Å².